The topological polar surface area (TPSA) is 102 Å². The Balaban J connectivity index is 2.35. The molecule has 0 unspecified atom stereocenters. The SMILES string of the molecule is CCOc1ccccc1C(=O)/C=C/c1cc(OC)c([O-])c([N+](=O)[O-])c1. The summed E-state index contributed by atoms with van der Waals surface area (Å²) in [6.07, 6.45) is 2.65. The van der Waals surface area contributed by atoms with E-state index in [2.05, 4.69) is 0 Å². The summed E-state index contributed by atoms with van der Waals surface area (Å²) in [6.45, 7) is 2.23. The number of rotatable bonds is 7. The second-order valence-corrected chi connectivity index (χ2v) is 4.96. The minimum atomic E-state index is -0.808. The first-order valence-electron chi connectivity index (χ1n) is 7.45. The summed E-state index contributed by atoms with van der Waals surface area (Å²) >= 11 is 0. The second-order valence-electron chi connectivity index (χ2n) is 4.96. The molecule has 0 fully saturated rings. The van der Waals surface area contributed by atoms with E-state index in [-0.39, 0.29) is 11.5 Å². The van der Waals surface area contributed by atoms with Crippen LogP contribution in [0.25, 0.3) is 6.08 Å². The van der Waals surface area contributed by atoms with Crippen LogP contribution in [0.1, 0.15) is 22.8 Å². The van der Waals surface area contributed by atoms with Crippen LogP contribution in [0, 0.1) is 10.1 Å². The maximum absolute atomic E-state index is 12.4. The molecular formula is C18H16NO6-. The standard InChI is InChI=1S/C18H17NO6/c1-3-25-16-7-5-4-6-13(16)15(20)9-8-12-10-14(19(22)23)18(21)17(11-12)24-2/h4-11,21H,3H2,1-2H3/p-1/b9-8+. The second kappa shape index (κ2) is 7.96. The molecule has 0 saturated carbocycles. The van der Waals surface area contributed by atoms with Crippen molar-refractivity contribution in [2.75, 3.05) is 13.7 Å². The average molecular weight is 342 g/mol. The van der Waals surface area contributed by atoms with Crippen molar-refractivity contribution in [1.29, 1.82) is 0 Å². The van der Waals surface area contributed by atoms with Crippen molar-refractivity contribution < 1.29 is 24.3 Å². The molecule has 0 N–H and O–H groups in total. The molecule has 0 aromatic heterocycles. The van der Waals surface area contributed by atoms with Crippen molar-refractivity contribution in [1.82, 2.24) is 0 Å². The first-order chi connectivity index (χ1) is 12.0. The van der Waals surface area contributed by atoms with Gasteiger partial charge in [0.1, 0.15) is 11.5 Å². The van der Waals surface area contributed by atoms with E-state index in [1.54, 1.807) is 24.3 Å². The van der Waals surface area contributed by atoms with E-state index < -0.39 is 16.4 Å². The number of hydrogen-bond donors (Lipinski definition) is 0. The Labute approximate surface area is 144 Å². The molecule has 0 aliphatic carbocycles. The van der Waals surface area contributed by atoms with Crippen molar-refractivity contribution in [3.8, 4) is 17.2 Å². The summed E-state index contributed by atoms with van der Waals surface area (Å²) in [6, 6.07) is 9.22. The lowest BCUT2D eigenvalue weighted by molar-refractivity contribution is -0.398. The number of carbonyl (C=O) groups excluding carboxylic acids is 1. The molecule has 7 heteroatoms. The average Bonchev–Trinajstić information content (AvgIpc) is 2.61. The molecule has 25 heavy (non-hydrogen) atoms. The number of hydrogen-bond acceptors (Lipinski definition) is 6. The fraction of sp³-hybridized carbons (Fsp3) is 0.167. The molecule has 0 bridgehead atoms. The van der Waals surface area contributed by atoms with E-state index in [0.29, 0.717) is 23.5 Å². The van der Waals surface area contributed by atoms with Gasteiger partial charge in [-0.15, -0.1) is 0 Å². The Kier molecular flexibility index (Phi) is 5.73. The highest BCUT2D eigenvalue weighted by Crippen LogP contribution is 2.35. The first-order valence-corrected chi connectivity index (χ1v) is 7.45. The lowest BCUT2D eigenvalue weighted by Gasteiger charge is -2.13. The lowest BCUT2D eigenvalue weighted by atomic mass is 10.1. The highest BCUT2D eigenvalue weighted by Gasteiger charge is 2.13. The van der Waals surface area contributed by atoms with Crippen molar-refractivity contribution in [3.63, 3.8) is 0 Å². The predicted octanol–water partition coefficient (Wildman–Crippen LogP) is 2.97. The van der Waals surface area contributed by atoms with Gasteiger partial charge in [0.25, 0.3) is 5.69 Å². The van der Waals surface area contributed by atoms with E-state index >= 15 is 0 Å². The van der Waals surface area contributed by atoms with E-state index in [1.807, 2.05) is 6.92 Å². The molecule has 0 spiro atoms. The number of nitrogens with zero attached hydrogens (tertiary/aromatic N) is 1. The van der Waals surface area contributed by atoms with Crippen LogP contribution in [-0.2, 0) is 0 Å². The summed E-state index contributed by atoms with van der Waals surface area (Å²) in [5.74, 6) is -0.830. The summed E-state index contributed by atoms with van der Waals surface area (Å²) in [7, 11) is 1.25. The number of methoxy groups -OCH3 is 1. The Morgan fingerprint density at radius 3 is 2.60 bits per heavy atom. The molecule has 2 aromatic rings. The minimum absolute atomic E-state index is 0.156. The van der Waals surface area contributed by atoms with Gasteiger partial charge in [-0.05, 0) is 36.8 Å². The van der Waals surface area contributed by atoms with Gasteiger partial charge in [0, 0.05) is 11.8 Å². The summed E-state index contributed by atoms with van der Waals surface area (Å²) < 4.78 is 10.3. The summed E-state index contributed by atoms with van der Waals surface area (Å²) in [5, 5.41) is 22.8. The number of nitro groups is 1. The number of ether oxygens (including phenoxy) is 2. The zero-order chi connectivity index (χ0) is 18.4. The van der Waals surface area contributed by atoms with E-state index in [1.165, 1.54) is 25.3 Å². The summed E-state index contributed by atoms with van der Waals surface area (Å²) in [5.41, 5.74) is 0.0778. The summed E-state index contributed by atoms with van der Waals surface area (Å²) in [4.78, 5) is 22.5. The fourth-order valence-corrected chi connectivity index (χ4v) is 2.20. The first kappa shape index (κ1) is 18.0. The lowest BCUT2D eigenvalue weighted by Crippen LogP contribution is -2.02. The normalized spacial score (nSPS) is 10.6. The van der Waals surface area contributed by atoms with Gasteiger partial charge in [0.05, 0.1) is 24.2 Å². The molecule has 0 aliphatic heterocycles. The van der Waals surface area contributed by atoms with Crippen molar-refractivity contribution in [3.05, 3.63) is 63.7 Å². The van der Waals surface area contributed by atoms with Gasteiger partial charge >= 0.3 is 0 Å². The van der Waals surface area contributed by atoms with E-state index in [0.717, 1.165) is 6.07 Å². The molecule has 0 aliphatic rings. The molecule has 0 saturated heterocycles. The van der Waals surface area contributed by atoms with Gasteiger partial charge in [0.15, 0.2) is 5.78 Å². The molecule has 0 amide bonds. The number of allylic oxidation sites excluding steroid dienone is 1. The number of para-hydroxylation sites is 1. The molecular weight excluding hydrogens is 326 g/mol. The minimum Gasteiger partial charge on any atom is -0.865 e. The van der Waals surface area contributed by atoms with E-state index in [9.17, 15) is 20.0 Å². The number of ketones is 1. The molecule has 2 aromatic carbocycles. The van der Waals surface area contributed by atoms with Crippen LogP contribution in [0.15, 0.2) is 42.5 Å². The predicted molar refractivity (Wildman–Crippen MR) is 90.1 cm³/mol. The zero-order valence-electron chi connectivity index (χ0n) is 13.7. The van der Waals surface area contributed by atoms with Crippen LogP contribution in [0.2, 0.25) is 0 Å². The Morgan fingerprint density at radius 2 is 1.96 bits per heavy atom. The van der Waals surface area contributed by atoms with Crippen molar-refractivity contribution >= 4 is 17.5 Å². The van der Waals surface area contributed by atoms with Crippen LogP contribution >= 0.6 is 0 Å². The highest BCUT2D eigenvalue weighted by atomic mass is 16.6. The van der Waals surface area contributed by atoms with Gasteiger partial charge in [-0.3, -0.25) is 14.9 Å². The third-order valence-electron chi connectivity index (χ3n) is 3.35. The van der Waals surface area contributed by atoms with Crippen LogP contribution < -0.4 is 14.6 Å². The van der Waals surface area contributed by atoms with Crippen LogP contribution in [0.3, 0.4) is 0 Å². The molecule has 0 radical (unpaired) electrons. The monoisotopic (exact) mass is 342 g/mol. The molecule has 2 rings (SSSR count). The van der Waals surface area contributed by atoms with Crippen molar-refractivity contribution in [2.24, 2.45) is 0 Å². The van der Waals surface area contributed by atoms with Gasteiger partial charge in [0.2, 0.25) is 0 Å². The van der Waals surface area contributed by atoms with Crippen molar-refractivity contribution in [2.45, 2.75) is 6.92 Å². The third-order valence-corrected chi connectivity index (χ3v) is 3.35. The maximum Gasteiger partial charge on any atom is 0.266 e. The number of benzene rings is 2. The molecule has 130 valence electrons. The zero-order valence-corrected chi connectivity index (χ0v) is 13.7. The molecule has 0 heterocycles. The van der Waals surface area contributed by atoms with Gasteiger partial charge in [-0.2, -0.15) is 0 Å². The van der Waals surface area contributed by atoms with Gasteiger partial charge in [-0.1, -0.05) is 18.2 Å². The van der Waals surface area contributed by atoms with Crippen LogP contribution in [0.4, 0.5) is 5.69 Å². The quantitative estimate of drug-likeness (QED) is 0.332. The maximum atomic E-state index is 12.4. The molecule has 7 nitrogen and oxygen atoms in total. The van der Waals surface area contributed by atoms with Gasteiger partial charge < -0.3 is 14.6 Å². The van der Waals surface area contributed by atoms with Crippen LogP contribution in [-0.4, -0.2) is 24.4 Å². The van der Waals surface area contributed by atoms with Gasteiger partial charge in [-0.25, -0.2) is 0 Å². The van der Waals surface area contributed by atoms with E-state index in [4.69, 9.17) is 9.47 Å². The Morgan fingerprint density at radius 1 is 1.24 bits per heavy atom. The van der Waals surface area contributed by atoms with Crippen LogP contribution in [0.5, 0.6) is 17.2 Å². The number of carbonyl (C=O) groups is 1. The highest BCUT2D eigenvalue weighted by molar-refractivity contribution is 6.08. The largest absolute Gasteiger partial charge is 0.865 e. The molecule has 0 atom stereocenters. The smallest absolute Gasteiger partial charge is 0.266 e. The Hall–Kier alpha value is -3.35. The number of nitro benzene ring substituents is 1. The third kappa shape index (κ3) is 4.14. The Bertz CT molecular complexity index is 828. The fourth-order valence-electron chi connectivity index (χ4n) is 2.20.